The molecule has 0 spiro atoms. The fraction of sp³-hybridized carbons (Fsp3) is 0.261. The summed E-state index contributed by atoms with van der Waals surface area (Å²) in [6.45, 7) is 5.80. The van der Waals surface area contributed by atoms with Gasteiger partial charge in [-0.15, -0.1) is 0 Å². The molecule has 2 aromatic heterocycles. The van der Waals surface area contributed by atoms with Crippen molar-refractivity contribution in [3.8, 4) is 0 Å². The number of rotatable bonds is 8. The van der Waals surface area contributed by atoms with Crippen molar-refractivity contribution in [3.63, 3.8) is 0 Å². The average Bonchev–Trinajstić information content (AvgIpc) is 2.80. The molecule has 0 unspecified atom stereocenters. The Labute approximate surface area is 196 Å². The van der Waals surface area contributed by atoms with Crippen molar-refractivity contribution in [3.05, 3.63) is 81.0 Å². The molecule has 0 fully saturated rings. The highest BCUT2D eigenvalue weighted by molar-refractivity contribution is 5.76. The Hall–Kier alpha value is -4.41. The number of aromatic nitrogens is 3. The quantitative estimate of drug-likeness (QED) is 0.314. The van der Waals surface area contributed by atoms with Gasteiger partial charge >= 0.3 is 6.03 Å². The molecule has 11 heteroatoms. The fourth-order valence-corrected chi connectivity index (χ4v) is 3.19. The lowest BCUT2D eigenvalue weighted by Crippen LogP contribution is -2.42. The van der Waals surface area contributed by atoms with E-state index < -0.39 is 11.6 Å². The lowest BCUT2D eigenvalue weighted by Gasteiger charge is -2.14. The second kappa shape index (κ2) is 10.9. The number of nitrogens with zero attached hydrogens (tertiary/aromatic N) is 3. The molecule has 34 heavy (non-hydrogen) atoms. The number of hydrazine groups is 1. The van der Waals surface area contributed by atoms with E-state index in [0.29, 0.717) is 18.1 Å². The highest BCUT2D eigenvalue weighted by Gasteiger charge is 2.13. The van der Waals surface area contributed by atoms with E-state index in [1.165, 1.54) is 10.8 Å². The van der Waals surface area contributed by atoms with Crippen LogP contribution in [0.1, 0.15) is 28.1 Å². The molecule has 0 aliphatic heterocycles. The Morgan fingerprint density at radius 2 is 1.74 bits per heavy atom. The second-order valence-electron chi connectivity index (χ2n) is 7.76. The zero-order valence-electron chi connectivity index (χ0n) is 19.3. The summed E-state index contributed by atoms with van der Waals surface area (Å²) in [5, 5.41) is 5.47. The highest BCUT2D eigenvalue weighted by Crippen LogP contribution is 2.08. The van der Waals surface area contributed by atoms with Crippen molar-refractivity contribution < 1.29 is 9.59 Å². The van der Waals surface area contributed by atoms with Crippen LogP contribution in [0, 0.1) is 20.8 Å². The lowest BCUT2D eigenvalue weighted by molar-refractivity contribution is -0.121. The smallest absolute Gasteiger partial charge is 0.333 e. The third kappa shape index (κ3) is 6.31. The molecule has 0 saturated carbocycles. The van der Waals surface area contributed by atoms with Gasteiger partial charge in [0.1, 0.15) is 12.4 Å². The fourth-order valence-electron chi connectivity index (χ4n) is 3.19. The molecular formula is C23H28N8O3. The molecule has 2 heterocycles. The molecule has 3 amide bonds. The molecule has 0 aliphatic rings. The monoisotopic (exact) mass is 464 g/mol. The zero-order valence-corrected chi connectivity index (χ0v) is 19.3. The summed E-state index contributed by atoms with van der Waals surface area (Å²) in [4.78, 5) is 45.5. The van der Waals surface area contributed by atoms with E-state index in [1.54, 1.807) is 26.0 Å². The van der Waals surface area contributed by atoms with E-state index in [0.717, 1.165) is 22.4 Å². The van der Waals surface area contributed by atoms with Crippen molar-refractivity contribution in [2.45, 2.75) is 40.4 Å². The number of nitrogens with one attached hydrogen (secondary N) is 4. The summed E-state index contributed by atoms with van der Waals surface area (Å²) in [6.07, 6.45) is 1.44. The van der Waals surface area contributed by atoms with Crippen molar-refractivity contribution >= 4 is 23.6 Å². The zero-order chi connectivity index (χ0) is 24.7. The number of urea groups is 1. The maximum atomic E-state index is 12.8. The van der Waals surface area contributed by atoms with E-state index in [4.69, 9.17) is 5.73 Å². The number of anilines is 2. The number of aryl methyl sites for hydroxylation is 3. The standard InChI is InChI=1S/C23H28N8O3/c1-14-6-4-5-7-17(14)11-27-23(34)30-29-21-22(33)31(15(2)10-26-21)13-20(32)25-12-18-8-9-19(24)28-16(18)3/h4-10H,11-13H2,1-3H3,(H2,24,28)(H,25,32)(H,26,29)(H2,27,30,34). The van der Waals surface area contributed by atoms with Gasteiger partial charge in [-0.1, -0.05) is 30.3 Å². The van der Waals surface area contributed by atoms with Crippen LogP contribution >= 0.6 is 0 Å². The summed E-state index contributed by atoms with van der Waals surface area (Å²) < 4.78 is 1.27. The number of pyridine rings is 1. The maximum Gasteiger partial charge on any atom is 0.333 e. The van der Waals surface area contributed by atoms with Gasteiger partial charge in [0.15, 0.2) is 0 Å². The lowest BCUT2D eigenvalue weighted by atomic mass is 10.1. The molecule has 11 nitrogen and oxygen atoms in total. The summed E-state index contributed by atoms with van der Waals surface area (Å²) in [5.41, 5.74) is 14.1. The van der Waals surface area contributed by atoms with E-state index in [-0.39, 0.29) is 24.8 Å². The van der Waals surface area contributed by atoms with Crippen LogP contribution < -0.4 is 32.8 Å². The van der Waals surface area contributed by atoms with Gasteiger partial charge in [0.2, 0.25) is 11.7 Å². The van der Waals surface area contributed by atoms with Gasteiger partial charge in [-0.05, 0) is 43.5 Å². The van der Waals surface area contributed by atoms with Crippen molar-refractivity contribution in [2.24, 2.45) is 0 Å². The predicted molar refractivity (Wildman–Crippen MR) is 129 cm³/mol. The van der Waals surface area contributed by atoms with Crippen LogP contribution in [0.15, 0.2) is 47.4 Å². The Morgan fingerprint density at radius 3 is 2.47 bits per heavy atom. The number of carbonyl (C=O) groups is 2. The molecule has 3 rings (SSSR count). The van der Waals surface area contributed by atoms with Crippen molar-refractivity contribution in [1.82, 2.24) is 30.6 Å². The third-order valence-electron chi connectivity index (χ3n) is 5.24. The van der Waals surface area contributed by atoms with Crippen molar-refractivity contribution in [1.29, 1.82) is 0 Å². The molecule has 178 valence electrons. The molecule has 0 aliphatic carbocycles. The molecule has 0 radical (unpaired) electrons. The largest absolute Gasteiger partial charge is 0.384 e. The average molecular weight is 465 g/mol. The van der Waals surface area contributed by atoms with Crippen LogP contribution in [0.4, 0.5) is 16.4 Å². The van der Waals surface area contributed by atoms with E-state index >= 15 is 0 Å². The minimum atomic E-state index is -0.542. The summed E-state index contributed by atoms with van der Waals surface area (Å²) in [6, 6.07) is 10.6. The first-order valence-corrected chi connectivity index (χ1v) is 10.6. The van der Waals surface area contributed by atoms with Crippen LogP contribution in [0.25, 0.3) is 0 Å². The number of nitrogen functional groups attached to an aromatic ring is 1. The second-order valence-corrected chi connectivity index (χ2v) is 7.76. The van der Waals surface area contributed by atoms with Gasteiger partial charge in [0.25, 0.3) is 5.56 Å². The van der Waals surface area contributed by atoms with Crippen LogP contribution in [-0.2, 0) is 24.4 Å². The number of hydrogen-bond donors (Lipinski definition) is 5. The van der Waals surface area contributed by atoms with Crippen LogP contribution in [0.5, 0.6) is 0 Å². The highest BCUT2D eigenvalue weighted by atomic mass is 16.2. The van der Waals surface area contributed by atoms with Crippen LogP contribution in [0.2, 0.25) is 0 Å². The first-order valence-electron chi connectivity index (χ1n) is 10.6. The minimum absolute atomic E-state index is 0.108. The predicted octanol–water partition coefficient (Wildman–Crippen LogP) is 1.29. The number of nitrogens with two attached hydrogens (primary N) is 1. The van der Waals surface area contributed by atoms with E-state index in [2.05, 4.69) is 31.5 Å². The number of benzene rings is 1. The Bertz CT molecular complexity index is 1260. The van der Waals surface area contributed by atoms with Crippen molar-refractivity contribution in [2.75, 3.05) is 11.2 Å². The SMILES string of the molecule is Cc1ccccc1CNC(=O)NNc1ncc(C)n(CC(=O)NCc2ccc(N)nc2C)c1=O. The van der Waals surface area contributed by atoms with Crippen LogP contribution in [-0.4, -0.2) is 26.5 Å². The Balaban J connectivity index is 1.57. The summed E-state index contributed by atoms with van der Waals surface area (Å²) in [5.74, 6) is -0.0606. The van der Waals surface area contributed by atoms with Gasteiger partial charge in [0, 0.05) is 30.7 Å². The molecule has 3 aromatic rings. The molecule has 0 atom stereocenters. The van der Waals surface area contributed by atoms with Gasteiger partial charge in [-0.2, -0.15) is 0 Å². The number of amides is 3. The Kier molecular flexibility index (Phi) is 7.80. The van der Waals surface area contributed by atoms with Gasteiger partial charge < -0.3 is 16.4 Å². The molecule has 1 aromatic carbocycles. The van der Waals surface area contributed by atoms with Crippen LogP contribution in [0.3, 0.4) is 0 Å². The summed E-state index contributed by atoms with van der Waals surface area (Å²) in [7, 11) is 0. The molecular weight excluding hydrogens is 436 g/mol. The summed E-state index contributed by atoms with van der Waals surface area (Å²) >= 11 is 0. The first-order chi connectivity index (χ1) is 16.2. The number of hydrogen-bond acceptors (Lipinski definition) is 7. The molecule has 6 N–H and O–H groups in total. The third-order valence-corrected chi connectivity index (χ3v) is 5.24. The first kappa shape index (κ1) is 24.2. The normalized spacial score (nSPS) is 10.4. The van der Waals surface area contributed by atoms with E-state index in [9.17, 15) is 14.4 Å². The minimum Gasteiger partial charge on any atom is -0.384 e. The topological polar surface area (TPSA) is 156 Å². The van der Waals surface area contributed by atoms with Gasteiger partial charge in [-0.3, -0.25) is 25.0 Å². The van der Waals surface area contributed by atoms with Gasteiger partial charge in [-0.25, -0.2) is 14.8 Å². The number of carbonyl (C=O) groups excluding carboxylic acids is 2. The van der Waals surface area contributed by atoms with E-state index in [1.807, 2.05) is 31.2 Å². The Morgan fingerprint density at radius 1 is 1.00 bits per heavy atom. The maximum absolute atomic E-state index is 12.8. The van der Waals surface area contributed by atoms with Gasteiger partial charge in [0.05, 0.1) is 0 Å². The molecule has 0 saturated heterocycles. The molecule has 0 bridgehead atoms.